The van der Waals surface area contributed by atoms with E-state index >= 15 is 0 Å². The fourth-order valence-corrected chi connectivity index (χ4v) is 6.84. The molecule has 27 heavy (non-hydrogen) atoms. The molecule has 1 saturated heterocycles. The minimum absolute atomic E-state index is 0.203. The smallest absolute Gasteiger partial charge is 0.253 e. The molecule has 9 heteroatoms. The fraction of sp³-hybridized carbons (Fsp3) is 0.389. The molecule has 2 aliphatic heterocycles. The number of carbonyl (C=O) groups excluding carboxylic acids is 1. The molecule has 1 fully saturated rings. The zero-order valence-electron chi connectivity index (χ0n) is 14.6. The third-order valence-electron chi connectivity index (χ3n) is 5.05. The number of amides is 1. The Balaban J connectivity index is 1.65. The topological polar surface area (TPSA) is 57.7 Å². The first kappa shape index (κ1) is 18.5. The van der Waals surface area contributed by atoms with Crippen molar-refractivity contribution in [2.24, 2.45) is 0 Å². The van der Waals surface area contributed by atoms with Crippen LogP contribution in [0.5, 0.6) is 0 Å². The Kier molecular flexibility index (Phi) is 4.56. The number of thiophene rings is 1. The maximum Gasteiger partial charge on any atom is 0.253 e. The monoisotopic (exact) mass is 412 g/mol. The SMILES string of the molecule is Cc1ccc(S(=O)(=O)N2CCCC2C(=O)N2CCc3c(F)cc(F)cc32)s1. The molecular weight excluding hydrogens is 394 g/mol. The van der Waals surface area contributed by atoms with Gasteiger partial charge in [0.05, 0.1) is 5.69 Å². The number of sulfonamides is 1. The van der Waals surface area contributed by atoms with E-state index in [0.29, 0.717) is 18.4 Å². The van der Waals surface area contributed by atoms with Crippen LogP contribution in [0.15, 0.2) is 28.5 Å². The molecule has 0 aliphatic carbocycles. The Morgan fingerprint density at radius 3 is 2.70 bits per heavy atom. The second-order valence-electron chi connectivity index (χ2n) is 6.76. The van der Waals surface area contributed by atoms with Gasteiger partial charge in [0.15, 0.2) is 0 Å². The van der Waals surface area contributed by atoms with Gasteiger partial charge in [-0.1, -0.05) is 0 Å². The molecule has 0 N–H and O–H groups in total. The fourth-order valence-electron chi connectivity index (χ4n) is 3.77. The van der Waals surface area contributed by atoms with E-state index in [0.717, 1.165) is 17.0 Å². The number of fused-ring (bicyclic) bond motifs is 1. The zero-order valence-corrected chi connectivity index (χ0v) is 16.2. The number of hydrogen-bond acceptors (Lipinski definition) is 4. The Morgan fingerprint density at radius 1 is 1.22 bits per heavy atom. The van der Waals surface area contributed by atoms with Crippen LogP contribution in [-0.2, 0) is 21.2 Å². The maximum absolute atomic E-state index is 14.0. The van der Waals surface area contributed by atoms with E-state index in [-0.39, 0.29) is 29.4 Å². The van der Waals surface area contributed by atoms with E-state index in [1.807, 2.05) is 6.92 Å². The highest BCUT2D eigenvalue weighted by molar-refractivity contribution is 7.91. The van der Waals surface area contributed by atoms with E-state index in [1.54, 1.807) is 12.1 Å². The van der Waals surface area contributed by atoms with Gasteiger partial charge in [0.25, 0.3) is 10.0 Å². The minimum Gasteiger partial charge on any atom is -0.310 e. The first-order valence-electron chi connectivity index (χ1n) is 8.66. The summed E-state index contributed by atoms with van der Waals surface area (Å²) in [5, 5.41) is 0. The van der Waals surface area contributed by atoms with Gasteiger partial charge in [-0.2, -0.15) is 4.31 Å². The first-order valence-corrected chi connectivity index (χ1v) is 10.9. The molecule has 2 aromatic rings. The number of anilines is 1. The summed E-state index contributed by atoms with van der Waals surface area (Å²) in [5.41, 5.74) is 0.500. The number of rotatable bonds is 3. The van der Waals surface area contributed by atoms with Crippen molar-refractivity contribution >= 4 is 33.0 Å². The number of hydrogen-bond donors (Lipinski definition) is 0. The predicted octanol–water partition coefficient (Wildman–Crippen LogP) is 3.08. The van der Waals surface area contributed by atoms with Crippen molar-refractivity contribution in [3.63, 3.8) is 0 Å². The lowest BCUT2D eigenvalue weighted by Crippen LogP contribution is -2.47. The first-order chi connectivity index (χ1) is 12.8. The molecule has 1 aromatic carbocycles. The number of aryl methyl sites for hydroxylation is 1. The predicted molar refractivity (Wildman–Crippen MR) is 98.4 cm³/mol. The van der Waals surface area contributed by atoms with Crippen molar-refractivity contribution in [2.45, 2.75) is 36.4 Å². The average Bonchev–Trinajstić information content (AvgIpc) is 3.32. The maximum atomic E-state index is 14.0. The summed E-state index contributed by atoms with van der Waals surface area (Å²) in [6.07, 6.45) is 1.25. The van der Waals surface area contributed by atoms with Gasteiger partial charge in [0.1, 0.15) is 21.9 Å². The number of benzene rings is 1. The largest absolute Gasteiger partial charge is 0.310 e. The van der Waals surface area contributed by atoms with Crippen molar-refractivity contribution in [3.05, 3.63) is 46.3 Å². The standard InChI is InChI=1S/C18H18F2N2O3S2/c1-11-4-5-17(26-11)27(24,25)22-7-2-3-15(22)18(23)21-8-6-13-14(20)9-12(19)10-16(13)21/h4-5,9-10,15H,2-3,6-8H2,1H3. The Morgan fingerprint density at radius 2 is 2.00 bits per heavy atom. The molecule has 4 rings (SSSR count). The van der Waals surface area contributed by atoms with Crippen LogP contribution >= 0.6 is 11.3 Å². The van der Waals surface area contributed by atoms with Gasteiger partial charge in [-0.05, 0) is 44.4 Å². The molecular formula is C18H18F2N2O3S2. The van der Waals surface area contributed by atoms with Crippen LogP contribution in [0.4, 0.5) is 14.5 Å². The number of carbonyl (C=O) groups is 1. The Bertz CT molecular complexity index is 1020. The molecule has 144 valence electrons. The Labute approximate surface area is 160 Å². The van der Waals surface area contributed by atoms with Gasteiger partial charge in [-0.3, -0.25) is 4.79 Å². The van der Waals surface area contributed by atoms with Gasteiger partial charge in [0.2, 0.25) is 5.91 Å². The highest BCUT2D eigenvalue weighted by Crippen LogP contribution is 2.35. The second-order valence-corrected chi connectivity index (χ2v) is 10.2. The van der Waals surface area contributed by atoms with Gasteiger partial charge in [-0.15, -0.1) is 11.3 Å². The van der Waals surface area contributed by atoms with Crippen LogP contribution < -0.4 is 4.90 Å². The molecule has 1 unspecified atom stereocenters. The van der Waals surface area contributed by atoms with Crippen LogP contribution in [0.2, 0.25) is 0 Å². The molecule has 5 nitrogen and oxygen atoms in total. The molecule has 1 aromatic heterocycles. The van der Waals surface area contributed by atoms with E-state index in [2.05, 4.69) is 0 Å². The van der Waals surface area contributed by atoms with Crippen molar-refractivity contribution in [1.29, 1.82) is 0 Å². The third kappa shape index (κ3) is 3.07. The molecule has 3 heterocycles. The average molecular weight is 412 g/mol. The van der Waals surface area contributed by atoms with Gasteiger partial charge in [-0.25, -0.2) is 17.2 Å². The van der Waals surface area contributed by atoms with Crippen molar-refractivity contribution in [2.75, 3.05) is 18.0 Å². The lowest BCUT2D eigenvalue weighted by Gasteiger charge is -2.27. The summed E-state index contributed by atoms with van der Waals surface area (Å²) < 4.78 is 55.0. The lowest BCUT2D eigenvalue weighted by atomic mass is 10.1. The van der Waals surface area contributed by atoms with E-state index in [1.165, 1.54) is 20.5 Å². The summed E-state index contributed by atoms with van der Waals surface area (Å²) in [5.74, 6) is -1.85. The summed E-state index contributed by atoms with van der Waals surface area (Å²) >= 11 is 1.17. The molecule has 0 bridgehead atoms. The van der Waals surface area contributed by atoms with Gasteiger partial charge >= 0.3 is 0 Å². The zero-order chi connectivity index (χ0) is 19.3. The van der Waals surface area contributed by atoms with Gasteiger partial charge < -0.3 is 4.90 Å². The van der Waals surface area contributed by atoms with Crippen LogP contribution in [0, 0.1) is 18.6 Å². The van der Waals surface area contributed by atoms with Crippen molar-refractivity contribution < 1.29 is 22.0 Å². The molecule has 0 radical (unpaired) electrons. The van der Waals surface area contributed by atoms with E-state index in [4.69, 9.17) is 0 Å². The summed E-state index contributed by atoms with van der Waals surface area (Å²) in [6.45, 7) is 2.30. The minimum atomic E-state index is -3.78. The summed E-state index contributed by atoms with van der Waals surface area (Å²) in [6, 6.07) is 4.37. The summed E-state index contributed by atoms with van der Waals surface area (Å²) in [4.78, 5) is 15.3. The number of halogens is 2. The van der Waals surface area contributed by atoms with E-state index < -0.39 is 33.6 Å². The highest BCUT2D eigenvalue weighted by atomic mass is 32.2. The third-order valence-corrected chi connectivity index (χ3v) is 8.42. The van der Waals surface area contributed by atoms with Crippen molar-refractivity contribution in [3.8, 4) is 0 Å². The number of nitrogens with zero attached hydrogens (tertiary/aromatic N) is 2. The normalized spacial score (nSPS) is 20.3. The Hall–Kier alpha value is -1.84. The molecule has 0 saturated carbocycles. The molecule has 1 amide bonds. The highest BCUT2D eigenvalue weighted by Gasteiger charge is 2.43. The van der Waals surface area contributed by atoms with Crippen LogP contribution in [0.25, 0.3) is 0 Å². The summed E-state index contributed by atoms with van der Waals surface area (Å²) in [7, 11) is -3.78. The van der Waals surface area contributed by atoms with Gasteiger partial charge in [0, 0.05) is 29.6 Å². The van der Waals surface area contributed by atoms with Crippen LogP contribution in [0.1, 0.15) is 23.3 Å². The molecule has 2 aliphatic rings. The molecule has 0 spiro atoms. The molecule has 1 atom stereocenters. The van der Waals surface area contributed by atoms with E-state index in [9.17, 15) is 22.0 Å². The van der Waals surface area contributed by atoms with Crippen LogP contribution in [-0.4, -0.2) is 37.8 Å². The van der Waals surface area contributed by atoms with Crippen LogP contribution in [0.3, 0.4) is 0 Å². The lowest BCUT2D eigenvalue weighted by molar-refractivity contribution is -0.121. The van der Waals surface area contributed by atoms with Crippen molar-refractivity contribution in [1.82, 2.24) is 4.31 Å². The quantitative estimate of drug-likeness (QED) is 0.779. The second kappa shape index (κ2) is 6.65.